The molecule has 0 atom stereocenters. The minimum atomic E-state index is -0.424. The molecule has 0 fully saturated rings. The van der Waals surface area contributed by atoms with E-state index in [2.05, 4.69) is 23.6 Å². The van der Waals surface area contributed by atoms with Gasteiger partial charge in [-0.1, -0.05) is 13.8 Å². The summed E-state index contributed by atoms with van der Waals surface area (Å²) in [4.78, 5) is 14.6. The molecule has 0 aliphatic carbocycles. The molecule has 0 aromatic heterocycles. The zero-order valence-electron chi connectivity index (χ0n) is 12.7. The van der Waals surface area contributed by atoms with E-state index in [1.54, 1.807) is 6.07 Å². The number of nitrogen functional groups attached to an aromatic ring is 1. The van der Waals surface area contributed by atoms with Crippen LogP contribution in [-0.4, -0.2) is 43.6 Å². The molecule has 2 N–H and O–H groups in total. The lowest BCUT2D eigenvalue weighted by Gasteiger charge is -2.29. The first kappa shape index (κ1) is 16.2. The smallest absolute Gasteiger partial charge is 0.271 e. The number of non-ortho nitro benzene ring substituents is 1. The predicted molar refractivity (Wildman–Crippen MR) is 83.1 cm³/mol. The number of nitro benzene ring substituents is 1. The van der Waals surface area contributed by atoms with Crippen molar-refractivity contribution in [2.75, 3.05) is 44.4 Å². The molecule has 1 rings (SSSR count). The molecule has 0 aliphatic rings. The van der Waals surface area contributed by atoms with Crippen molar-refractivity contribution in [1.29, 1.82) is 0 Å². The summed E-state index contributed by atoms with van der Waals surface area (Å²) in [6.07, 6.45) is 0. The fourth-order valence-corrected chi connectivity index (χ4v) is 2.02. The van der Waals surface area contributed by atoms with Crippen molar-refractivity contribution in [2.45, 2.75) is 13.8 Å². The SMILES string of the molecule is CC(C)CN(CCN(C)C)c1ccc([N+](=O)[O-])cc1N. The number of rotatable bonds is 7. The van der Waals surface area contributed by atoms with Crippen LogP contribution >= 0.6 is 0 Å². The van der Waals surface area contributed by atoms with Gasteiger partial charge in [-0.25, -0.2) is 0 Å². The van der Waals surface area contributed by atoms with Gasteiger partial charge in [0.1, 0.15) is 0 Å². The summed E-state index contributed by atoms with van der Waals surface area (Å²) < 4.78 is 0. The van der Waals surface area contributed by atoms with E-state index in [4.69, 9.17) is 5.73 Å². The van der Waals surface area contributed by atoms with Crippen LogP contribution < -0.4 is 10.6 Å². The van der Waals surface area contributed by atoms with Crippen LogP contribution in [0.25, 0.3) is 0 Å². The molecule has 0 radical (unpaired) electrons. The maximum Gasteiger partial charge on any atom is 0.271 e. The monoisotopic (exact) mass is 280 g/mol. The summed E-state index contributed by atoms with van der Waals surface area (Å²) in [7, 11) is 4.04. The lowest BCUT2D eigenvalue weighted by atomic mass is 10.1. The van der Waals surface area contributed by atoms with Gasteiger partial charge in [0.2, 0.25) is 0 Å². The summed E-state index contributed by atoms with van der Waals surface area (Å²) in [5, 5.41) is 10.8. The Hall–Kier alpha value is -1.82. The zero-order chi connectivity index (χ0) is 15.3. The van der Waals surface area contributed by atoms with Gasteiger partial charge < -0.3 is 15.5 Å². The van der Waals surface area contributed by atoms with Crippen LogP contribution in [0.4, 0.5) is 17.1 Å². The lowest BCUT2D eigenvalue weighted by molar-refractivity contribution is -0.384. The number of anilines is 2. The van der Waals surface area contributed by atoms with Gasteiger partial charge in [-0.15, -0.1) is 0 Å². The quantitative estimate of drug-likeness (QED) is 0.471. The van der Waals surface area contributed by atoms with Gasteiger partial charge in [-0.2, -0.15) is 0 Å². The van der Waals surface area contributed by atoms with Crippen LogP contribution in [-0.2, 0) is 0 Å². The first-order valence-corrected chi connectivity index (χ1v) is 6.75. The van der Waals surface area contributed by atoms with E-state index in [0.717, 1.165) is 25.3 Å². The summed E-state index contributed by atoms with van der Waals surface area (Å²) in [5.74, 6) is 0.492. The maximum absolute atomic E-state index is 10.8. The summed E-state index contributed by atoms with van der Waals surface area (Å²) in [6.45, 7) is 6.90. The number of hydrogen-bond acceptors (Lipinski definition) is 5. The fraction of sp³-hybridized carbons (Fsp3) is 0.571. The van der Waals surface area contributed by atoms with Crippen molar-refractivity contribution in [2.24, 2.45) is 5.92 Å². The van der Waals surface area contributed by atoms with Crippen LogP contribution in [0, 0.1) is 16.0 Å². The molecule has 0 unspecified atom stereocenters. The number of nitrogens with two attached hydrogens (primary N) is 1. The standard InChI is InChI=1S/C14H24N4O2/c1-11(2)10-17(8-7-16(3)4)14-6-5-12(18(19)20)9-13(14)15/h5-6,9,11H,7-8,10,15H2,1-4H3. The van der Waals surface area contributed by atoms with Crippen LogP contribution in [0.3, 0.4) is 0 Å². The molecule has 1 aromatic carbocycles. The van der Waals surface area contributed by atoms with Crippen LogP contribution in [0.15, 0.2) is 18.2 Å². The Morgan fingerprint density at radius 2 is 1.95 bits per heavy atom. The molecule has 20 heavy (non-hydrogen) atoms. The molecular formula is C14H24N4O2. The zero-order valence-corrected chi connectivity index (χ0v) is 12.7. The number of nitro groups is 1. The third kappa shape index (κ3) is 4.70. The van der Waals surface area contributed by atoms with Crippen molar-refractivity contribution >= 4 is 17.1 Å². The Labute approximate surface area is 120 Å². The largest absolute Gasteiger partial charge is 0.397 e. The highest BCUT2D eigenvalue weighted by atomic mass is 16.6. The van der Waals surface area contributed by atoms with E-state index >= 15 is 0 Å². The second-order valence-corrected chi connectivity index (χ2v) is 5.64. The minimum Gasteiger partial charge on any atom is -0.397 e. The highest BCUT2D eigenvalue weighted by Crippen LogP contribution is 2.28. The van der Waals surface area contributed by atoms with Crippen LogP contribution in [0.5, 0.6) is 0 Å². The molecule has 0 amide bonds. The van der Waals surface area contributed by atoms with Gasteiger partial charge >= 0.3 is 0 Å². The molecule has 1 aromatic rings. The second-order valence-electron chi connectivity index (χ2n) is 5.64. The summed E-state index contributed by atoms with van der Waals surface area (Å²) in [6, 6.07) is 4.68. The van der Waals surface area contributed by atoms with E-state index in [0.29, 0.717) is 11.6 Å². The van der Waals surface area contributed by atoms with Crippen molar-refractivity contribution in [1.82, 2.24) is 4.90 Å². The minimum absolute atomic E-state index is 0.0309. The number of nitrogens with zero attached hydrogens (tertiary/aromatic N) is 3. The fourth-order valence-electron chi connectivity index (χ4n) is 2.02. The number of benzene rings is 1. The van der Waals surface area contributed by atoms with Crippen LogP contribution in [0.1, 0.15) is 13.8 Å². The Balaban J connectivity index is 2.97. The van der Waals surface area contributed by atoms with Crippen molar-refractivity contribution < 1.29 is 4.92 Å². The molecule has 0 spiro atoms. The third-order valence-electron chi connectivity index (χ3n) is 2.97. The topological polar surface area (TPSA) is 75.6 Å². The molecule has 0 heterocycles. The molecule has 6 nitrogen and oxygen atoms in total. The first-order chi connectivity index (χ1) is 9.31. The second kappa shape index (κ2) is 7.09. The predicted octanol–water partition coefficient (Wildman–Crippen LogP) is 2.20. The maximum atomic E-state index is 10.8. The van der Waals surface area contributed by atoms with Gasteiger partial charge in [0, 0.05) is 31.8 Å². The van der Waals surface area contributed by atoms with E-state index in [1.165, 1.54) is 12.1 Å². The average molecular weight is 280 g/mol. The molecule has 0 saturated heterocycles. The molecule has 0 saturated carbocycles. The number of hydrogen-bond donors (Lipinski definition) is 1. The first-order valence-electron chi connectivity index (χ1n) is 6.75. The average Bonchev–Trinajstić information content (AvgIpc) is 2.33. The highest BCUT2D eigenvalue weighted by molar-refractivity contribution is 5.70. The molecule has 0 aliphatic heterocycles. The third-order valence-corrected chi connectivity index (χ3v) is 2.97. The van der Waals surface area contributed by atoms with E-state index in [9.17, 15) is 10.1 Å². The lowest BCUT2D eigenvalue weighted by Crippen LogP contribution is -2.34. The Kier molecular flexibility index (Phi) is 5.76. The molecular weight excluding hydrogens is 256 g/mol. The van der Waals surface area contributed by atoms with Crippen molar-refractivity contribution in [3.05, 3.63) is 28.3 Å². The van der Waals surface area contributed by atoms with Gasteiger partial charge in [0.25, 0.3) is 5.69 Å². The van der Waals surface area contributed by atoms with E-state index in [1.807, 2.05) is 14.1 Å². The Morgan fingerprint density at radius 1 is 1.30 bits per heavy atom. The Morgan fingerprint density at radius 3 is 2.40 bits per heavy atom. The summed E-state index contributed by atoms with van der Waals surface area (Å²) in [5.41, 5.74) is 7.34. The van der Waals surface area contributed by atoms with Gasteiger partial charge in [-0.3, -0.25) is 10.1 Å². The van der Waals surface area contributed by atoms with E-state index < -0.39 is 4.92 Å². The van der Waals surface area contributed by atoms with Crippen molar-refractivity contribution in [3.8, 4) is 0 Å². The van der Waals surface area contributed by atoms with Gasteiger partial charge in [-0.05, 0) is 26.1 Å². The number of likely N-dealkylation sites (N-methyl/N-ethyl adjacent to an activating group) is 1. The molecule has 6 heteroatoms. The van der Waals surface area contributed by atoms with Gasteiger partial charge in [0.15, 0.2) is 0 Å². The van der Waals surface area contributed by atoms with Gasteiger partial charge in [0.05, 0.1) is 16.3 Å². The summed E-state index contributed by atoms with van der Waals surface area (Å²) >= 11 is 0. The molecule has 112 valence electrons. The van der Waals surface area contributed by atoms with Crippen LogP contribution in [0.2, 0.25) is 0 Å². The molecule has 0 bridgehead atoms. The Bertz CT molecular complexity index is 460. The van der Waals surface area contributed by atoms with E-state index in [-0.39, 0.29) is 5.69 Å². The normalized spacial score (nSPS) is 11.1. The highest BCUT2D eigenvalue weighted by Gasteiger charge is 2.15. The van der Waals surface area contributed by atoms with Crippen molar-refractivity contribution in [3.63, 3.8) is 0 Å².